The zero-order chi connectivity index (χ0) is 12.9. The van der Waals surface area contributed by atoms with E-state index in [9.17, 15) is 0 Å². The molecule has 0 aliphatic carbocycles. The van der Waals surface area contributed by atoms with Gasteiger partial charge in [0, 0.05) is 11.9 Å². The van der Waals surface area contributed by atoms with Crippen LogP contribution in [0.3, 0.4) is 0 Å². The maximum absolute atomic E-state index is 5.84. The van der Waals surface area contributed by atoms with E-state index in [1.54, 1.807) is 13.3 Å². The highest BCUT2D eigenvalue weighted by atomic mass is 35.5. The maximum Gasteiger partial charge on any atom is 0.137 e. The summed E-state index contributed by atoms with van der Waals surface area (Å²) in [6.07, 6.45) is 2.63. The number of methoxy groups -OCH3 is 1. The Labute approximate surface area is 109 Å². The summed E-state index contributed by atoms with van der Waals surface area (Å²) in [6, 6.07) is 4.13. The Hall–Kier alpha value is -0.960. The minimum atomic E-state index is 0.149. The number of nitrogens with one attached hydrogen (secondary N) is 1. The van der Waals surface area contributed by atoms with Crippen LogP contribution in [0.25, 0.3) is 0 Å². The Morgan fingerprint density at radius 1 is 1.41 bits per heavy atom. The number of ether oxygens (including phenoxy) is 1. The van der Waals surface area contributed by atoms with Crippen LogP contribution in [0, 0.1) is 5.41 Å². The molecule has 17 heavy (non-hydrogen) atoms. The Balaban J connectivity index is 2.72. The van der Waals surface area contributed by atoms with Gasteiger partial charge >= 0.3 is 0 Å². The molecule has 0 saturated carbocycles. The van der Waals surface area contributed by atoms with E-state index in [4.69, 9.17) is 16.3 Å². The van der Waals surface area contributed by atoms with Crippen LogP contribution in [0.15, 0.2) is 18.3 Å². The highest BCUT2D eigenvalue weighted by Gasteiger charge is 2.24. The summed E-state index contributed by atoms with van der Waals surface area (Å²) < 4.78 is 5.08. The van der Waals surface area contributed by atoms with E-state index < -0.39 is 0 Å². The van der Waals surface area contributed by atoms with Crippen LogP contribution < -0.4 is 10.1 Å². The summed E-state index contributed by atoms with van der Waals surface area (Å²) in [7, 11) is 1.63. The predicted molar refractivity (Wildman–Crippen MR) is 73.0 cm³/mol. The van der Waals surface area contributed by atoms with E-state index in [0.29, 0.717) is 11.9 Å². The van der Waals surface area contributed by atoms with Crippen LogP contribution in [0.2, 0.25) is 0 Å². The lowest BCUT2D eigenvalue weighted by Crippen LogP contribution is -2.34. The molecule has 0 saturated heterocycles. The van der Waals surface area contributed by atoms with Gasteiger partial charge in [-0.2, -0.15) is 0 Å². The van der Waals surface area contributed by atoms with Crippen molar-refractivity contribution in [3.8, 4) is 5.75 Å². The lowest BCUT2D eigenvalue weighted by molar-refractivity contribution is 0.334. The molecule has 0 aromatic carbocycles. The van der Waals surface area contributed by atoms with E-state index in [1.165, 1.54) is 0 Å². The largest absolute Gasteiger partial charge is 0.495 e. The number of anilines is 1. The molecule has 4 heteroatoms. The van der Waals surface area contributed by atoms with E-state index in [1.807, 2.05) is 12.1 Å². The van der Waals surface area contributed by atoms with Crippen LogP contribution in [0.1, 0.15) is 27.2 Å². The molecule has 1 rings (SSSR count). The first kappa shape index (κ1) is 14.1. The molecule has 1 heterocycles. The average Bonchev–Trinajstić information content (AvgIpc) is 2.28. The van der Waals surface area contributed by atoms with Gasteiger partial charge in [-0.1, -0.05) is 20.8 Å². The Morgan fingerprint density at radius 3 is 2.53 bits per heavy atom. The van der Waals surface area contributed by atoms with Crippen molar-refractivity contribution in [3.63, 3.8) is 0 Å². The standard InChI is InChI=1S/C13H21ClN2O/c1-13(2,3)11(7-8-14)16-12-6-5-10(17-4)9-15-12/h5-6,9,11H,7-8H2,1-4H3,(H,15,16). The lowest BCUT2D eigenvalue weighted by Gasteiger charge is -2.31. The van der Waals surface area contributed by atoms with Crippen molar-refractivity contribution < 1.29 is 4.74 Å². The molecule has 1 unspecified atom stereocenters. The summed E-state index contributed by atoms with van der Waals surface area (Å²) in [5.74, 6) is 2.27. The molecule has 1 aromatic rings. The monoisotopic (exact) mass is 256 g/mol. The Kier molecular flexibility index (Phi) is 5.06. The molecule has 0 bridgehead atoms. The molecule has 0 fully saturated rings. The third-order valence-corrected chi connectivity index (χ3v) is 2.96. The van der Waals surface area contributed by atoms with Crippen molar-refractivity contribution in [1.29, 1.82) is 0 Å². The van der Waals surface area contributed by atoms with Gasteiger partial charge in [-0.15, -0.1) is 11.6 Å². The van der Waals surface area contributed by atoms with E-state index >= 15 is 0 Å². The molecule has 96 valence electrons. The highest BCUT2D eigenvalue weighted by Crippen LogP contribution is 2.25. The maximum atomic E-state index is 5.84. The number of halogens is 1. The predicted octanol–water partition coefficient (Wildman–Crippen LogP) is 3.55. The number of aromatic nitrogens is 1. The summed E-state index contributed by atoms with van der Waals surface area (Å²) in [5, 5.41) is 3.42. The van der Waals surface area contributed by atoms with E-state index in [0.717, 1.165) is 18.0 Å². The second-order valence-corrected chi connectivity index (χ2v) is 5.50. The minimum absolute atomic E-state index is 0.149. The molecule has 3 nitrogen and oxygen atoms in total. The molecular weight excluding hydrogens is 236 g/mol. The highest BCUT2D eigenvalue weighted by molar-refractivity contribution is 6.17. The third kappa shape index (κ3) is 4.43. The number of hydrogen-bond acceptors (Lipinski definition) is 3. The number of hydrogen-bond donors (Lipinski definition) is 1. The second kappa shape index (κ2) is 6.10. The van der Waals surface area contributed by atoms with Gasteiger partial charge in [-0.25, -0.2) is 4.98 Å². The first-order valence-corrected chi connectivity index (χ1v) is 6.33. The topological polar surface area (TPSA) is 34.1 Å². The Morgan fingerprint density at radius 2 is 2.12 bits per heavy atom. The van der Waals surface area contributed by atoms with Crippen LogP contribution in [-0.4, -0.2) is 24.0 Å². The van der Waals surface area contributed by atoms with Gasteiger partial charge in [-0.3, -0.25) is 0 Å². The second-order valence-electron chi connectivity index (χ2n) is 5.12. The fourth-order valence-electron chi connectivity index (χ4n) is 1.60. The van der Waals surface area contributed by atoms with Crippen molar-refractivity contribution in [2.24, 2.45) is 5.41 Å². The van der Waals surface area contributed by atoms with Crippen molar-refractivity contribution >= 4 is 17.4 Å². The Bertz CT molecular complexity index is 332. The van der Waals surface area contributed by atoms with Gasteiger partial charge in [0.15, 0.2) is 0 Å². The van der Waals surface area contributed by atoms with Crippen LogP contribution in [-0.2, 0) is 0 Å². The van der Waals surface area contributed by atoms with E-state index in [-0.39, 0.29) is 5.41 Å². The fourth-order valence-corrected chi connectivity index (χ4v) is 1.81. The van der Waals surface area contributed by atoms with Crippen molar-refractivity contribution in [1.82, 2.24) is 4.98 Å². The molecule has 0 aliphatic heterocycles. The van der Waals surface area contributed by atoms with Crippen LogP contribution in [0.4, 0.5) is 5.82 Å². The van der Waals surface area contributed by atoms with Gasteiger partial charge in [0.05, 0.1) is 13.3 Å². The average molecular weight is 257 g/mol. The number of alkyl halides is 1. The third-order valence-electron chi connectivity index (χ3n) is 2.74. The van der Waals surface area contributed by atoms with E-state index in [2.05, 4.69) is 31.1 Å². The van der Waals surface area contributed by atoms with Crippen LogP contribution >= 0.6 is 11.6 Å². The molecule has 0 aliphatic rings. The minimum Gasteiger partial charge on any atom is -0.495 e. The van der Waals surface area contributed by atoms with Crippen molar-refractivity contribution in [2.75, 3.05) is 18.3 Å². The van der Waals surface area contributed by atoms with Gasteiger partial charge in [0.25, 0.3) is 0 Å². The lowest BCUT2D eigenvalue weighted by atomic mass is 9.85. The molecular formula is C13H21ClN2O. The summed E-state index contributed by atoms with van der Waals surface area (Å²) in [6.45, 7) is 6.59. The summed E-state index contributed by atoms with van der Waals surface area (Å²) in [4.78, 5) is 4.31. The number of nitrogens with zero attached hydrogens (tertiary/aromatic N) is 1. The molecule has 0 radical (unpaired) electrons. The molecule has 1 aromatic heterocycles. The zero-order valence-electron chi connectivity index (χ0n) is 11.0. The SMILES string of the molecule is COc1ccc(NC(CCCl)C(C)(C)C)nc1. The van der Waals surface area contributed by atoms with Crippen LogP contribution in [0.5, 0.6) is 5.75 Å². The molecule has 1 N–H and O–H groups in total. The molecule has 1 atom stereocenters. The quantitative estimate of drug-likeness (QED) is 0.819. The van der Waals surface area contributed by atoms with Crippen molar-refractivity contribution in [3.05, 3.63) is 18.3 Å². The normalized spacial score (nSPS) is 13.2. The van der Waals surface area contributed by atoms with Gasteiger partial charge in [0.2, 0.25) is 0 Å². The summed E-state index contributed by atoms with van der Waals surface area (Å²) >= 11 is 5.84. The first-order valence-electron chi connectivity index (χ1n) is 5.80. The zero-order valence-corrected chi connectivity index (χ0v) is 11.7. The first-order chi connectivity index (χ1) is 7.97. The molecule has 0 amide bonds. The smallest absolute Gasteiger partial charge is 0.137 e. The molecule has 0 spiro atoms. The van der Waals surface area contributed by atoms with Gasteiger partial charge in [-0.05, 0) is 24.0 Å². The van der Waals surface area contributed by atoms with Gasteiger partial charge in [0.1, 0.15) is 11.6 Å². The number of rotatable bonds is 5. The number of pyridine rings is 1. The van der Waals surface area contributed by atoms with Crippen molar-refractivity contribution in [2.45, 2.75) is 33.2 Å². The summed E-state index contributed by atoms with van der Waals surface area (Å²) in [5.41, 5.74) is 0.149. The van der Waals surface area contributed by atoms with Gasteiger partial charge < -0.3 is 10.1 Å². The fraction of sp³-hybridized carbons (Fsp3) is 0.615.